The predicted octanol–water partition coefficient (Wildman–Crippen LogP) is 3.72. The molecule has 0 aliphatic carbocycles. The van der Waals surface area contributed by atoms with Gasteiger partial charge in [-0.05, 0) is 65.7 Å². The number of hydrogen-bond acceptors (Lipinski definition) is 4. The lowest BCUT2D eigenvalue weighted by atomic mass is 10.2. The molecule has 2 aromatic rings. The molecule has 0 aliphatic heterocycles. The Morgan fingerprint density at radius 3 is 2.54 bits per heavy atom. The van der Waals surface area contributed by atoms with Gasteiger partial charge in [0.05, 0.1) is 22.6 Å². The highest BCUT2D eigenvalue weighted by molar-refractivity contribution is 9.10. The molecular formula is C17H20BrNO4S. The lowest BCUT2D eigenvalue weighted by Gasteiger charge is -2.12. The number of hydrogen-bond donors (Lipinski definition) is 1. The first kappa shape index (κ1) is 18.8. The average Bonchev–Trinajstić information content (AvgIpc) is 2.53. The molecule has 2 aromatic carbocycles. The van der Waals surface area contributed by atoms with E-state index in [9.17, 15) is 8.42 Å². The minimum Gasteiger partial charge on any atom is -0.496 e. The molecule has 0 aromatic heterocycles. The molecule has 0 radical (unpaired) electrons. The number of nitrogens with one attached hydrogen (secondary N) is 1. The van der Waals surface area contributed by atoms with Gasteiger partial charge in [-0.15, -0.1) is 0 Å². The zero-order valence-electron chi connectivity index (χ0n) is 13.7. The molecule has 130 valence electrons. The summed E-state index contributed by atoms with van der Waals surface area (Å²) in [5.41, 5.74) is 0.823. The largest absolute Gasteiger partial charge is 0.496 e. The summed E-state index contributed by atoms with van der Waals surface area (Å²) in [4.78, 5) is 0.171. The van der Waals surface area contributed by atoms with E-state index in [0.29, 0.717) is 16.0 Å². The molecule has 2 rings (SSSR count). The standard InChI is InChI=1S/C17H20BrNO4S/c1-12(2)23-14-6-4-5-13(9-14)11-19-24(20,21)15-7-8-17(22-3)16(18)10-15/h4-10,12,19H,11H2,1-3H3. The Hall–Kier alpha value is -1.57. The number of ether oxygens (including phenoxy) is 2. The topological polar surface area (TPSA) is 64.6 Å². The first-order chi connectivity index (χ1) is 11.3. The molecule has 0 fully saturated rings. The Bertz CT molecular complexity index is 806. The third kappa shape index (κ3) is 4.96. The van der Waals surface area contributed by atoms with Crippen LogP contribution in [0.1, 0.15) is 19.4 Å². The van der Waals surface area contributed by atoms with Crippen LogP contribution in [0, 0.1) is 0 Å². The fourth-order valence-electron chi connectivity index (χ4n) is 2.08. The Kier molecular flexibility index (Phi) is 6.26. The molecule has 0 saturated carbocycles. The number of benzene rings is 2. The molecule has 0 spiro atoms. The summed E-state index contributed by atoms with van der Waals surface area (Å²) in [6, 6.07) is 12.0. The molecule has 0 unspecified atom stereocenters. The van der Waals surface area contributed by atoms with E-state index in [-0.39, 0.29) is 17.5 Å². The molecule has 0 atom stereocenters. The fraction of sp³-hybridized carbons (Fsp3) is 0.294. The van der Waals surface area contributed by atoms with E-state index in [1.54, 1.807) is 6.07 Å². The summed E-state index contributed by atoms with van der Waals surface area (Å²) < 4.78 is 38.7. The molecule has 0 heterocycles. The van der Waals surface area contributed by atoms with Crippen molar-refractivity contribution >= 4 is 26.0 Å². The zero-order chi connectivity index (χ0) is 17.7. The van der Waals surface area contributed by atoms with Gasteiger partial charge in [0.1, 0.15) is 11.5 Å². The number of rotatable bonds is 7. The first-order valence-electron chi connectivity index (χ1n) is 7.40. The second kappa shape index (κ2) is 8.00. The van der Waals surface area contributed by atoms with Gasteiger partial charge in [-0.2, -0.15) is 0 Å². The van der Waals surface area contributed by atoms with Gasteiger partial charge in [-0.25, -0.2) is 13.1 Å². The molecule has 1 N–H and O–H groups in total. The summed E-state index contributed by atoms with van der Waals surface area (Å²) in [5, 5.41) is 0. The Morgan fingerprint density at radius 2 is 1.92 bits per heavy atom. The van der Waals surface area contributed by atoms with Crippen LogP contribution in [0.2, 0.25) is 0 Å². The van der Waals surface area contributed by atoms with Crippen molar-refractivity contribution in [1.82, 2.24) is 4.72 Å². The maximum atomic E-state index is 12.4. The second-order valence-corrected chi connectivity index (χ2v) is 8.06. The number of sulfonamides is 1. The molecule has 7 heteroatoms. The van der Waals surface area contributed by atoms with E-state index >= 15 is 0 Å². The van der Waals surface area contributed by atoms with Crippen molar-refractivity contribution in [1.29, 1.82) is 0 Å². The summed E-state index contributed by atoms with van der Waals surface area (Å²) in [7, 11) is -2.09. The summed E-state index contributed by atoms with van der Waals surface area (Å²) in [5.74, 6) is 1.29. The maximum absolute atomic E-state index is 12.4. The lowest BCUT2D eigenvalue weighted by Crippen LogP contribution is -2.23. The highest BCUT2D eigenvalue weighted by Crippen LogP contribution is 2.27. The van der Waals surface area contributed by atoms with Crippen molar-refractivity contribution in [3.8, 4) is 11.5 Å². The van der Waals surface area contributed by atoms with Crippen LogP contribution in [0.15, 0.2) is 51.8 Å². The van der Waals surface area contributed by atoms with Crippen molar-refractivity contribution in [3.63, 3.8) is 0 Å². The van der Waals surface area contributed by atoms with Crippen LogP contribution in [-0.4, -0.2) is 21.6 Å². The molecule has 0 aliphatic rings. The molecule has 24 heavy (non-hydrogen) atoms. The van der Waals surface area contributed by atoms with E-state index in [4.69, 9.17) is 9.47 Å². The van der Waals surface area contributed by atoms with E-state index < -0.39 is 10.0 Å². The van der Waals surface area contributed by atoms with E-state index in [1.807, 2.05) is 38.1 Å². The Balaban J connectivity index is 2.11. The smallest absolute Gasteiger partial charge is 0.240 e. The van der Waals surface area contributed by atoms with Crippen molar-refractivity contribution in [2.24, 2.45) is 0 Å². The molecule has 0 bridgehead atoms. The van der Waals surface area contributed by atoms with Gasteiger partial charge in [-0.1, -0.05) is 12.1 Å². The van der Waals surface area contributed by atoms with Crippen LogP contribution in [0.5, 0.6) is 11.5 Å². The summed E-state index contributed by atoms with van der Waals surface area (Å²) >= 11 is 3.29. The fourth-order valence-corrected chi connectivity index (χ4v) is 3.81. The van der Waals surface area contributed by atoms with Gasteiger partial charge in [-0.3, -0.25) is 0 Å². The normalized spacial score (nSPS) is 11.5. The maximum Gasteiger partial charge on any atom is 0.240 e. The number of methoxy groups -OCH3 is 1. The van der Waals surface area contributed by atoms with Crippen molar-refractivity contribution in [2.75, 3.05) is 7.11 Å². The van der Waals surface area contributed by atoms with Crippen LogP contribution in [0.25, 0.3) is 0 Å². The molecule has 5 nitrogen and oxygen atoms in total. The van der Waals surface area contributed by atoms with E-state index in [0.717, 1.165) is 5.56 Å². The average molecular weight is 414 g/mol. The lowest BCUT2D eigenvalue weighted by molar-refractivity contribution is 0.242. The number of halogens is 1. The van der Waals surface area contributed by atoms with Gasteiger partial charge < -0.3 is 9.47 Å². The molecule has 0 amide bonds. The minimum absolute atomic E-state index is 0.0635. The highest BCUT2D eigenvalue weighted by Gasteiger charge is 2.15. The monoisotopic (exact) mass is 413 g/mol. The summed E-state index contributed by atoms with van der Waals surface area (Å²) in [6.07, 6.45) is 0.0635. The third-order valence-electron chi connectivity index (χ3n) is 3.17. The Morgan fingerprint density at radius 1 is 1.17 bits per heavy atom. The van der Waals surface area contributed by atoms with Crippen LogP contribution >= 0.6 is 15.9 Å². The van der Waals surface area contributed by atoms with Crippen LogP contribution in [0.4, 0.5) is 0 Å². The molecular weight excluding hydrogens is 394 g/mol. The van der Waals surface area contributed by atoms with Gasteiger partial charge in [0, 0.05) is 6.54 Å². The predicted molar refractivity (Wildman–Crippen MR) is 96.9 cm³/mol. The van der Waals surface area contributed by atoms with Gasteiger partial charge in [0.15, 0.2) is 0 Å². The summed E-state index contributed by atoms with van der Waals surface area (Å²) in [6.45, 7) is 4.06. The van der Waals surface area contributed by atoms with Gasteiger partial charge >= 0.3 is 0 Å². The second-order valence-electron chi connectivity index (χ2n) is 5.43. The van der Waals surface area contributed by atoms with E-state index in [1.165, 1.54) is 19.2 Å². The third-order valence-corrected chi connectivity index (χ3v) is 5.19. The molecule has 0 saturated heterocycles. The van der Waals surface area contributed by atoms with Crippen molar-refractivity contribution in [3.05, 3.63) is 52.5 Å². The minimum atomic E-state index is -3.62. The van der Waals surface area contributed by atoms with Gasteiger partial charge in [0.25, 0.3) is 0 Å². The quantitative estimate of drug-likeness (QED) is 0.750. The van der Waals surface area contributed by atoms with E-state index in [2.05, 4.69) is 20.7 Å². The van der Waals surface area contributed by atoms with Crippen LogP contribution < -0.4 is 14.2 Å². The first-order valence-corrected chi connectivity index (χ1v) is 9.68. The van der Waals surface area contributed by atoms with Crippen LogP contribution in [0.3, 0.4) is 0 Å². The zero-order valence-corrected chi connectivity index (χ0v) is 16.1. The van der Waals surface area contributed by atoms with Crippen LogP contribution in [-0.2, 0) is 16.6 Å². The SMILES string of the molecule is COc1ccc(S(=O)(=O)NCc2cccc(OC(C)C)c2)cc1Br. The highest BCUT2D eigenvalue weighted by atomic mass is 79.9. The van der Waals surface area contributed by atoms with Crippen molar-refractivity contribution < 1.29 is 17.9 Å². The van der Waals surface area contributed by atoms with Crippen molar-refractivity contribution in [2.45, 2.75) is 31.4 Å². The Labute approximate surface area is 151 Å². The van der Waals surface area contributed by atoms with Gasteiger partial charge in [0.2, 0.25) is 10.0 Å².